The average molecular weight is 401 g/mol. The van der Waals surface area contributed by atoms with Gasteiger partial charge in [0.25, 0.3) is 0 Å². The van der Waals surface area contributed by atoms with Crippen LogP contribution in [0.2, 0.25) is 0 Å². The predicted octanol–water partition coefficient (Wildman–Crippen LogP) is 8.23. The molecule has 150 valence electrons. The first-order chi connectivity index (χ1) is 13.4. The van der Waals surface area contributed by atoms with E-state index in [2.05, 4.69) is 51.1 Å². The van der Waals surface area contributed by atoms with Gasteiger partial charge in [-0.3, -0.25) is 0 Å². The molecule has 0 atom stereocenters. The fraction of sp³-hybridized carbons (Fsp3) is 0.360. The normalized spacial score (nSPS) is 12.5. The minimum absolute atomic E-state index is 0.470. The lowest BCUT2D eigenvalue weighted by Crippen LogP contribution is -1.97. The number of rotatable bonds is 8. The third-order valence-corrected chi connectivity index (χ3v) is 6.17. The van der Waals surface area contributed by atoms with E-state index in [4.69, 9.17) is 0 Å². The van der Waals surface area contributed by atoms with Crippen molar-refractivity contribution in [3.8, 4) is 0 Å². The molecule has 0 spiro atoms. The van der Waals surface area contributed by atoms with E-state index >= 15 is 0 Å². The van der Waals surface area contributed by atoms with E-state index in [9.17, 15) is 8.78 Å². The zero-order chi connectivity index (χ0) is 20.7. The summed E-state index contributed by atoms with van der Waals surface area (Å²) in [6.45, 7) is 10.2. The van der Waals surface area contributed by atoms with Crippen LogP contribution in [0.15, 0.2) is 47.4 Å². The van der Waals surface area contributed by atoms with Crippen molar-refractivity contribution >= 4 is 22.9 Å². The SMILES string of the molecule is CC/C=C\C(=C(/C)c1cc(CC)c(F)cc1F)c1ccc(C)c(SCCC)c1. The summed E-state index contributed by atoms with van der Waals surface area (Å²) >= 11 is 1.85. The lowest BCUT2D eigenvalue weighted by atomic mass is 9.93. The van der Waals surface area contributed by atoms with Crippen LogP contribution in [0.25, 0.3) is 11.1 Å². The van der Waals surface area contributed by atoms with Crippen LogP contribution in [0.4, 0.5) is 8.78 Å². The molecule has 0 saturated carbocycles. The topological polar surface area (TPSA) is 0 Å². The Morgan fingerprint density at radius 1 is 1.04 bits per heavy atom. The summed E-state index contributed by atoms with van der Waals surface area (Å²) in [5.41, 5.74) is 5.13. The van der Waals surface area contributed by atoms with Gasteiger partial charge in [0.15, 0.2) is 0 Å². The van der Waals surface area contributed by atoms with Gasteiger partial charge in [0.1, 0.15) is 11.6 Å². The maximum absolute atomic E-state index is 14.6. The second-order valence-corrected chi connectivity index (χ2v) is 8.09. The molecule has 0 heterocycles. The van der Waals surface area contributed by atoms with Crippen LogP contribution in [-0.4, -0.2) is 5.75 Å². The molecule has 0 aliphatic carbocycles. The summed E-state index contributed by atoms with van der Waals surface area (Å²) in [6.07, 6.45) is 6.69. The van der Waals surface area contributed by atoms with E-state index in [0.29, 0.717) is 17.5 Å². The van der Waals surface area contributed by atoms with Gasteiger partial charge in [-0.1, -0.05) is 45.1 Å². The minimum Gasteiger partial charge on any atom is -0.207 e. The van der Waals surface area contributed by atoms with Crippen LogP contribution in [0.5, 0.6) is 0 Å². The van der Waals surface area contributed by atoms with E-state index in [-0.39, 0.29) is 0 Å². The molecular weight excluding hydrogens is 370 g/mol. The molecule has 28 heavy (non-hydrogen) atoms. The van der Waals surface area contributed by atoms with Crippen molar-refractivity contribution in [2.24, 2.45) is 0 Å². The molecule has 0 saturated heterocycles. The molecule has 2 rings (SSSR count). The zero-order valence-electron chi connectivity index (χ0n) is 17.5. The van der Waals surface area contributed by atoms with Crippen molar-refractivity contribution in [3.63, 3.8) is 0 Å². The van der Waals surface area contributed by atoms with E-state index in [1.165, 1.54) is 10.5 Å². The lowest BCUT2D eigenvalue weighted by molar-refractivity contribution is 0.571. The Morgan fingerprint density at radius 3 is 2.43 bits per heavy atom. The van der Waals surface area contributed by atoms with Gasteiger partial charge in [0.2, 0.25) is 0 Å². The van der Waals surface area contributed by atoms with Crippen molar-refractivity contribution in [2.45, 2.75) is 58.8 Å². The number of benzene rings is 2. The van der Waals surface area contributed by atoms with E-state index in [1.807, 2.05) is 25.6 Å². The summed E-state index contributed by atoms with van der Waals surface area (Å²) in [6, 6.07) is 9.07. The number of hydrogen-bond acceptors (Lipinski definition) is 1. The molecule has 0 aromatic heterocycles. The van der Waals surface area contributed by atoms with Gasteiger partial charge in [-0.2, -0.15) is 0 Å². The summed E-state index contributed by atoms with van der Waals surface area (Å²) in [5.74, 6) is 0.0811. The molecule has 2 aromatic carbocycles. The van der Waals surface area contributed by atoms with Crippen molar-refractivity contribution in [2.75, 3.05) is 5.75 Å². The van der Waals surface area contributed by atoms with E-state index in [1.54, 1.807) is 6.07 Å². The second kappa shape index (κ2) is 10.6. The van der Waals surface area contributed by atoms with Crippen molar-refractivity contribution in [1.29, 1.82) is 0 Å². The van der Waals surface area contributed by atoms with Crippen molar-refractivity contribution in [3.05, 3.63) is 76.4 Å². The first-order valence-electron chi connectivity index (χ1n) is 10.0. The monoisotopic (exact) mass is 400 g/mol. The predicted molar refractivity (Wildman–Crippen MR) is 120 cm³/mol. The largest absolute Gasteiger partial charge is 0.207 e. The first kappa shape index (κ1) is 22.4. The standard InChI is InChI=1S/C25H30F2S/c1-6-9-10-21(20-12-11-17(4)25(15-20)28-13-7-2)18(5)22-14-19(8-3)23(26)16-24(22)27/h9-12,14-16H,6-8,13H2,1-5H3/b10-9-,21-18-. The quantitative estimate of drug-likeness (QED) is 0.244. The molecular formula is C25H30F2S. The summed E-state index contributed by atoms with van der Waals surface area (Å²) in [7, 11) is 0. The Bertz CT molecular complexity index is 878. The maximum atomic E-state index is 14.6. The third-order valence-electron chi connectivity index (χ3n) is 4.81. The zero-order valence-corrected chi connectivity index (χ0v) is 18.4. The van der Waals surface area contributed by atoms with Crippen LogP contribution in [0.3, 0.4) is 0 Å². The third kappa shape index (κ3) is 5.35. The molecule has 0 radical (unpaired) electrons. The highest BCUT2D eigenvalue weighted by Gasteiger charge is 2.14. The van der Waals surface area contributed by atoms with Crippen LogP contribution >= 0.6 is 11.8 Å². The van der Waals surface area contributed by atoms with Gasteiger partial charge >= 0.3 is 0 Å². The Hall–Kier alpha value is -1.87. The molecule has 0 nitrogen and oxygen atoms in total. The summed E-state index contributed by atoms with van der Waals surface area (Å²) in [4.78, 5) is 1.25. The molecule has 2 aromatic rings. The fourth-order valence-corrected chi connectivity index (χ4v) is 4.04. The van der Waals surface area contributed by atoms with Crippen molar-refractivity contribution in [1.82, 2.24) is 0 Å². The first-order valence-corrected chi connectivity index (χ1v) is 11.0. The molecule has 0 fully saturated rings. The Balaban J connectivity index is 2.65. The van der Waals surface area contributed by atoms with E-state index < -0.39 is 11.6 Å². The van der Waals surface area contributed by atoms with Gasteiger partial charge in [0, 0.05) is 16.5 Å². The van der Waals surface area contributed by atoms with Gasteiger partial charge in [0.05, 0.1) is 0 Å². The summed E-state index contributed by atoms with van der Waals surface area (Å²) in [5, 5.41) is 0. The number of allylic oxidation sites excluding steroid dienone is 4. The number of hydrogen-bond donors (Lipinski definition) is 0. The highest BCUT2D eigenvalue weighted by Crippen LogP contribution is 2.33. The van der Waals surface area contributed by atoms with Gasteiger partial charge < -0.3 is 0 Å². The van der Waals surface area contributed by atoms with Crippen LogP contribution in [0, 0.1) is 18.6 Å². The average Bonchev–Trinajstić information content (AvgIpc) is 2.68. The van der Waals surface area contributed by atoms with E-state index in [0.717, 1.165) is 41.4 Å². The second-order valence-electron chi connectivity index (χ2n) is 6.96. The molecule has 0 N–H and O–H groups in total. The molecule has 0 bridgehead atoms. The van der Waals surface area contributed by atoms with Gasteiger partial charge in [-0.05, 0) is 78.8 Å². The Labute approximate surface area is 172 Å². The highest BCUT2D eigenvalue weighted by molar-refractivity contribution is 7.99. The molecule has 0 aliphatic heterocycles. The molecule has 3 heteroatoms. The maximum Gasteiger partial charge on any atom is 0.133 e. The Kier molecular flexibility index (Phi) is 8.50. The molecule has 0 amide bonds. The Morgan fingerprint density at radius 2 is 1.79 bits per heavy atom. The van der Waals surface area contributed by atoms with Crippen LogP contribution in [0.1, 0.15) is 62.8 Å². The summed E-state index contributed by atoms with van der Waals surface area (Å²) < 4.78 is 28.6. The van der Waals surface area contributed by atoms with Gasteiger partial charge in [-0.15, -0.1) is 11.8 Å². The smallest absolute Gasteiger partial charge is 0.133 e. The lowest BCUT2D eigenvalue weighted by Gasteiger charge is -2.14. The van der Waals surface area contributed by atoms with Gasteiger partial charge in [-0.25, -0.2) is 8.78 Å². The highest BCUT2D eigenvalue weighted by atomic mass is 32.2. The molecule has 0 unspecified atom stereocenters. The van der Waals surface area contributed by atoms with Crippen LogP contribution < -0.4 is 0 Å². The number of halogens is 2. The number of aryl methyl sites for hydroxylation is 2. The van der Waals surface area contributed by atoms with Crippen molar-refractivity contribution < 1.29 is 8.78 Å². The molecule has 0 aliphatic rings. The van der Waals surface area contributed by atoms with Crippen LogP contribution in [-0.2, 0) is 6.42 Å². The number of thioether (sulfide) groups is 1. The minimum atomic E-state index is -0.512. The fourth-order valence-electron chi connectivity index (χ4n) is 3.11.